The van der Waals surface area contributed by atoms with Crippen LogP contribution >= 0.6 is 0 Å². The van der Waals surface area contributed by atoms with Crippen LogP contribution in [0.25, 0.3) is 0 Å². The van der Waals surface area contributed by atoms with E-state index in [9.17, 15) is 26.4 Å². The molecule has 1 rings (SSSR count). The maximum Gasteiger partial charge on any atom is 0.508 e. The third-order valence-electron chi connectivity index (χ3n) is 1.81. The van der Waals surface area contributed by atoms with Gasteiger partial charge in [0.05, 0.1) is 11.5 Å². The van der Waals surface area contributed by atoms with Gasteiger partial charge in [-0.25, -0.2) is 13.2 Å². The predicted molar refractivity (Wildman–Crippen MR) is 45.5 cm³/mol. The summed E-state index contributed by atoms with van der Waals surface area (Å²) in [6.07, 6.45) is -6.95. The summed E-state index contributed by atoms with van der Waals surface area (Å²) in [6.45, 7) is -1.74. The first-order valence-electron chi connectivity index (χ1n) is 4.28. The summed E-state index contributed by atoms with van der Waals surface area (Å²) >= 11 is 0. The van der Waals surface area contributed by atoms with Gasteiger partial charge in [0.1, 0.15) is 6.10 Å². The van der Waals surface area contributed by atoms with Gasteiger partial charge in [-0.2, -0.15) is 13.2 Å². The number of halogens is 3. The molecule has 0 aromatic carbocycles. The Kier molecular flexibility index (Phi) is 3.66. The van der Waals surface area contributed by atoms with E-state index in [0.717, 1.165) is 0 Å². The highest BCUT2D eigenvalue weighted by molar-refractivity contribution is 7.91. The van der Waals surface area contributed by atoms with E-state index in [4.69, 9.17) is 0 Å². The molecule has 1 atom stereocenters. The third-order valence-corrected chi connectivity index (χ3v) is 3.54. The fraction of sp³-hybridized carbons (Fsp3) is 0.857. The molecule has 94 valence electrons. The Labute approximate surface area is 89.4 Å². The van der Waals surface area contributed by atoms with Crippen LogP contribution in [0.4, 0.5) is 18.0 Å². The molecule has 5 nitrogen and oxygen atoms in total. The standard InChI is InChI=1S/C7H9F3O5S/c8-7(9,10)4-14-6(11)15-5-1-2-16(12,13)3-5/h5H,1-4H2. The van der Waals surface area contributed by atoms with Crippen LogP contribution in [0.5, 0.6) is 0 Å². The summed E-state index contributed by atoms with van der Waals surface area (Å²) in [7, 11) is -3.24. The zero-order chi connectivity index (χ0) is 12.4. The van der Waals surface area contributed by atoms with Gasteiger partial charge in [0.2, 0.25) is 0 Å². The van der Waals surface area contributed by atoms with E-state index in [2.05, 4.69) is 9.47 Å². The molecular weight excluding hydrogens is 253 g/mol. The zero-order valence-corrected chi connectivity index (χ0v) is 8.81. The highest BCUT2D eigenvalue weighted by Crippen LogP contribution is 2.17. The summed E-state index contributed by atoms with van der Waals surface area (Å²) in [5.41, 5.74) is 0. The van der Waals surface area contributed by atoms with Gasteiger partial charge in [0.25, 0.3) is 0 Å². The summed E-state index contributed by atoms with van der Waals surface area (Å²) in [4.78, 5) is 10.7. The lowest BCUT2D eigenvalue weighted by Gasteiger charge is -2.11. The fourth-order valence-electron chi connectivity index (χ4n) is 1.16. The largest absolute Gasteiger partial charge is 0.508 e. The minimum absolute atomic E-state index is 0.0868. The van der Waals surface area contributed by atoms with Gasteiger partial charge in [0, 0.05) is 0 Å². The molecule has 1 fully saturated rings. The second-order valence-electron chi connectivity index (χ2n) is 3.30. The normalized spacial score (nSPS) is 24.1. The van der Waals surface area contributed by atoms with Crippen molar-refractivity contribution in [1.29, 1.82) is 0 Å². The van der Waals surface area contributed by atoms with Gasteiger partial charge in [-0.1, -0.05) is 0 Å². The number of hydrogen-bond acceptors (Lipinski definition) is 5. The molecule has 1 heterocycles. The lowest BCUT2D eigenvalue weighted by Crippen LogP contribution is -2.25. The first kappa shape index (κ1) is 13.1. The van der Waals surface area contributed by atoms with Crippen molar-refractivity contribution in [2.75, 3.05) is 18.1 Å². The van der Waals surface area contributed by atoms with Gasteiger partial charge in [-0.05, 0) is 6.42 Å². The van der Waals surface area contributed by atoms with Crippen molar-refractivity contribution in [3.8, 4) is 0 Å². The molecule has 9 heteroatoms. The van der Waals surface area contributed by atoms with Gasteiger partial charge >= 0.3 is 12.3 Å². The Hall–Kier alpha value is -0.990. The maximum atomic E-state index is 11.6. The summed E-state index contributed by atoms with van der Waals surface area (Å²) in [6, 6.07) is 0. The molecule has 16 heavy (non-hydrogen) atoms. The molecular formula is C7H9F3O5S. The topological polar surface area (TPSA) is 69.7 Å². The Morgan fingerprint density at radius 3 is 2.44 bits per heavy atom. The predicted octanol–water partition coefficient (Wildman–Crippen LogP) is 0.889. The molecule has 1 unspecified atom stereocenters. The lowest BCUT2D eigenvalue weighted by atomic mass is 10.3. The number of carbonyl (C=O) groups is 1. The summed E-state index contributed by atoms with van der Waals surface area (Å²) in [5.74, 6) is -0.502. The molecule has 1 aliphatic rings. The number of hydrogen-bond donors (Lipinski definition) is 0. The Morgan fingerprint density at radius 2 is 2.00 bits per heavy atom. The lowest BCUT2D eigenvalue weighted by molar-refractivity contribution is -0.166. The first-order valence-corrected chi connectivity index (χ1v) is 6.11. The summed E-state index contributed by atoms with van der Waals surface area (Å²) < 4.78 is 64.9. The molecule has 0 aromatic heterocycles. The second kappa shape index (κ2) is 4.48. The van der Waals surface area contributed by atoms with Gasteiger partial charge < -0.3 is 9.47 Å². The molecule has 0 aliphatic carbocycles. The van der Waals surface area contributed by atoms with Crippen LogP contribution in [0.2, 0.25) is 0 Å². The van der Waals surface area contributed by atoms with Crippen molar-refractivity contribution >= 4 is 16.0 Å². The van der Waals surface area contributed by atoms with Crippen LogP contribution in [0.1, 0.15) is 6.42 Å². The molecule has 1 saturated heterocycles. The molecule has 0 N–H and O–H groups in total. The minimum atomic E-state index is -4.62. The molecule has 1 aliphatic heterocycles. The van der Waals surface area contributed by atoms with Crippen molar-refractivity contribution in [3.63, 3.8) is 0 Å². The Bertz CT molecular complexity index is 361. The van der Waals surface area contributed by atoms with Gasteiger partial charge in [0.15, 0.2) is 16.4 Å². The van der Waals surface area contributed by atoms with E-state index in [0.29, 0.717) is 0 Å². The van der Waals surface area contributed by atoms with E-state index in [1.165, 1.54) is 0 Å². The number of ether oxygens (including phenoxy) is 2. The monoisotopic (exact) mass is 262 g/mol. The SMILES string of the molecule is O=C(OCC(F)(F)F)OC1CCS(=O)(=O)C1. The van der Waals surface area contributed by atoms with Crippen LogP contribution < -0.4 is 0 Å². The average Bonchev–Trinajstić information content (AvgIpc) is 2.41. The van der Waals surface area contributed by atoms with Crippen molar-refractivity contribution < 1.29 is 35.9 Å². The highest BCUT2D eigenvalue weighted by atomic mass is 32.2. The van der Waals surface area contributed by atoms with E-state index >= 15 is 0 Å². The maximum absolute atomic E-state index is 11.6. The Morgan fingerprint density at radius 1 is 1.38 bits per heavy atom. The number of sulfone groups is 1. The second-order valence-corrected chi connectivity index (χ2v) is 5.53. The van der Waals surface area contributed by atoms with Crippen LogP contribution in [-0.2, 0) is 19.3 Å². The van der Waals surface area contributed by atoms with E-state index < -0.39 is 34.9 Å². The van der Waals surface area contributed by atoms with Gasteiger partial charge in [-0.15, -0.1) is 0 Å². The van der Waals surface area contributed by atoms with Crippen LogP contribution in [0.3, 0.4) is 0 Å². The fourth-order valence-corrected chi connectivity index (χ4v) is 2.75. The van der Waals surface area contributed by atoms with Crippen molar-refractivity contribution in [2.24, 2.45) is 0 Å². The van der Waals surface area contributed by atoms with Crippen molar-refractivity contribution in [1.82, 2.24) is 0 Å². The smallest absolute Gasteiger partial charge is 0.430 e. The molecule has 0 radical (unpaired) electrons. The summed E-state index contributed by atoms with van der Waals surface area (Å²) in [5, 5.41) is 0. The minimum Gasteiger partial charge on any atom is -0.430 e. The van der Waals surface area contributed by atoms with Crippen LogP contribution in [0.15, 0.2) is 0 Å². The van der Waals surface area contributed by atoms with E-state index in [-0.39, 0.29) is 17.9 Å². The van der Waals surface area contributed by atoms with Crippen LogP contribution in [0, 0.1) is 0 Å². The first-order chi connectivity index (χ1) is 7.18. The molecule has 0 amide bonds. The number of alkyl halides is 3. The van der Waals surface area contributed by atoms with Gasteiger partial charge in [-0.3, -0.25) is 0 Å². The quantitative estimate of drug-likeness (QED) is 0.691. The third kappa shape index (κ3) is 4.69. The molecule has 0 saturated carbocycles. The van der Waals surface area contributed by atoms with Crippen LogP contribution in [-0.4, -0.2) is 45.0 Å². The van der Waals surface area contributed by atoms with Crippen molar-refractivity contribution in [3.05, 3.63) is 0 Å². The van der Waals surface area contributed by atoms with E-state index in [1.54, 1.807) is 0 Å². The molecule has 0 bridgehead atoms. The molecule has 0 aromatic rings. The number of rotatable bonds is 2. The molecule has 0 spiro atoms. The zero-order valence-electron chi connectivity index (χ0n) is 7.99. The van der Waals surface area contributed by atoms with Crippen molar-refractivity contribution in [2.45, 2.75) is 18.7 Å². The number of carbonyl (C=O) groups excluding carboxylic acids is 1. The highest BCUT2D eigenvalue weighted by Gasteiger charge is 2.33. The van der Waals surface area contributed by atoms with E-state index in [1.807, 2.05) is 0 Å². The Balaban J connectivity index is 2.31. The average molecular weight is 262 g/mol.